The van der Waals surface area contributed by atoms with E-state index in [0.717, 1.165) is 29.4 Å². The van der Waals surface area contributed by atoms with Gasteiger partial charge in [0.05, 0.1) is 6.42 Å². The van der Waals surface area contributed by atoms with Gasteiger partial charge in [-0.2, -0.15) is 0 Å². The van der Waals surface area contributed by atoms with Crippen molar-refractivity contribution in [2.45, 2.75) is 63.3 Å². The van der Waals surface area contributed by atoms with E-state index in [1.807, 2.05) is 6.92 Å². The number of hydrogen-bond acceptors (Lipinski definition) is 7. The number of carbonyl (C=O) groups excluding carboxylic acids is 2. The fourth-order valence-corrected chi connectivity index (χ4v) is 4.35. The summed E-state index contributed by atoms with van der Waals surface area (Å²) in [6.07, 6.45) is 3.14. The lowest BCUT2D eigenvalue weighted by molar-refractivity contribution is -0.152. The Bertz CT molecular complexity index is 565. The molecule has 0 aromatic carbocycles. The van der Waals surface area contributed by atoms with Gasteiger partial charge in [0.15, 0.2) is 4.34 Å². The number of hydrogen-bond donors (Lipinski definition) is 1. The Kier molecular flexibility index (Phi) is 7.48. The first-order chi connectivity index (χ1) is 11.5. The Morgan fingerprint density at radius 3 is 2.75 bits per heavy atom. The van der Waals surface area contributed by atoms with E-state index >= 15 is 0 Å². The van der Waals surface area contributed by atoms with Crippen LogP contribution in [0.4, 0.5) is 5.13 Å². The topological polar surface area (TPSA) is 81.2 Å². The van der Waals surface area contributed by atoms with Crippen molar-refractivity contribution >= 4 is 40.1 Å². The van der Waals surface area contributed by atoms with Crippen molar-refractivity contribution in [3.63, 3.8) is 0 Å². The van der Waals surface area contributed by atoms with Crippen molar-refractivity contribution in [2.24, 2.45) is 11.8 Å². The fourth-order valence-electron chi connectivity index (χ4n) is 2.69. The van der Waals surface area contributed by atoms with Crippen LogP contribution in [0.15, 0.2) is 4.34 Å². The molecular weight excluding hydrogens is 346 g/mol. The SMILES string of the molecule is CCSc1nnc(NC(=O)CCC(=O)OC2CCC(C)C(C)C2)s1. The summed E-state index contributed by atoms with van der Waals surface area (Å²) < 4.78 is 6.33. The lowest BCUT2D eigenvalue weighted by Gasteiger charge is -2.31. The molecule has 134 valence electrons. The third-order valence-corrected chi connectivity index (χ3v) is 6.18. The molecule has 1 saturated carbocycles. The predicted molar refractivity (Wildman–Crippen MR) is 96.2 cm³/mol. The second kappa shape index (κ2) is 9.36. The van der Waals surface area contributed by atoms with Crippen LogP contribution >= 0.6 is 23.1 Å². The van der Waals surface area contributed by atoms with Gasteiger partial charge in [-0.1, -0.05) is 43.9 Å². The number of nitrogens with zero attached hydrogens (tertiary/aromatic N) is 2. The number of nitrogens with one attached hydrogen (secondary N) is 1. The molecule has 1 heterocycles. The summed E-state index contributed by atoms with van der Waals surface area (Å²) in [4.78, 5) is 23.8. The van der Waals surface area contributed by atoms with Crippen LogP contribution in [0, 0.1) is 11.8 Å². The summed E-state index contributed by atoms with van der Waals surface area (Å²) in [5.41, 5.74) is 0. The van der Waals surface area contributed by atoms with E-state index in [0.29, 0.717) is 17.0 Å². The van der Waals surface area contributed by atoms with Gasteiger partial charge < -0.3 is 10.1 Å². The predicted octanol–water partition coefficient (Wildman–Crippen LogP) is 3.74. The van der Waals surface area contributed by atoms with E-state index in [2.05, 4.69) is 29.4 Å². The van der Waals surface area contributed by atoms with Crippen LogP contribution in [0.3, 0.4) is 0 Å². The number of aromatic nitrogens is 2. The van der Waals surface area contributed by atoms with Crippen LogP contribution in [0.2, 0.25) is 0 Å². The molecule has 0 bridgehead atoms. The summed E-state index contributed by atoms with van der Waals surface area (Å²) >= 11 is 2.92. The highest BCUT2D eigenvalue weighted by molar-refractivity contribution is 8.01. The second-order valence-corrected chi connectivity index (χ2v) is 8.72. The number of ether oxygens (including phenoxy) is 1. The normalized spacial score (nSPS) is 23.7. The Morgan fingerprint density at radius 1 is 1.25 bits per heavy atom. The van der Waals surface area contributed by atoms with Gasteiger partial charge in [-0.15, -0.1) is 10.2 Å². The fraction of sp³-hybridized carbons (Fsp3) is 0.750. The smallest absolute Gasteiger partial charge is 0.306 e. The number of carbonyl (C=O) groups is 2. The zero-order chi connectivity index (χ0) is 17.5. The van der Waals surface area contributed by atoms with Crippen molar-refractivity contribution < 1.29 is 14.3 Å². The molecule has 1 aromatic rings. The Balaban J connectivity index is 1.68. The molecule has 1 aliphatic carbocycles. The highest BCUT2D eigenvalue weighted by atomic mass is 32.2. The van der Waals surface area contributed by atoms with Gasteiger partial charge in [-0.25, -0.2) is 0 Å². The molecule has 0 aliphatic heterocycles. The highest BCUT2D eigenvalue weighted by Gasteiger charge is 2.27. The summed E-state index contributed by atoms with van der Waals surface area (Å²) in [7, 11) is 0. The van der Waals surface area contributed by atoms with Crippen LogP contribution < -0.4 is 5.32 Å². The maximum Gasteiger partial charge on any atom is 0.306 e. The Labute approximate surface area is 151 Å². The molecule has 8 heteroatoms. The number of esters is 1. The molecule has 1 fully saturated rings. The first kappa shape index (κ1) is 19.2. The van der Waals surface area contributed by atoms with Crippen molar-refractivity contribution in [3.05, 3.63) is 0 Å². The summed E-state index contributed by atoms with van der Waals surface area (Å²) in [6, 6.07) is 0. The molecule has 6 nitrogen and oxygen atoms in total. The number of amides is 1. The van der Waals surface area contributed by atoms with E-state index < -0.39 is 0 Å². The average Bonchev–Trinajstić information content (AvgIpc) is 2.96. The van der Waals surface area contributed by atoms with Gasteiger partial charge in [-0.05, 0) is 36.9 Å². The standard InChI is InChI=1S/C16H25N3O3S2/c1-4-23-16-19-18-15(24-16)17-13(20)7-8-14(21)22-12-6-5-10(2)11(3)9-12/h10-12H,4-9H2,1-3H3,(H,17,18,20). The van der Waals surface area contributed by atoms with Crippen LogP contribution in [-0.4, -0.2) is 33.9 Å². The van der Waals surface area contributed by atoms with Crippen LogP contribution in [0.1, 0.15) is 52.9 Å². The van der Waals surface area contributed by atoms with Crippen LogP contribution in [-0.2, 0) is 14.3 Å². The van der Waals surface area contributed by atoms with Crippen molar-refractivity contribution in [1.29, 1.82) is 0 Å². The molecule has 1 aliphatic rings. The molecule has 3 unspecified atom stereocenters. The van der Waals surface area contributed by atoms with Crippen molar-refractivity contribution in [3.8, 4) is 0 Å². The van der Waals surface area contributed by atoms with Gasteiger partial charge >= 0.3 is 5.97 Å². The molecule has 0 spiro atoms. The van der Waals surface area contributed by atoms with E-state index in [4.69, 9.17) is 4.74 Å². The van der Waals surface area contributed by atoms with E-state index in [1.165, 1.54) is 11.3 Å². The molecular formula is C16H25N3O3S2. The Hall–Kier alpha value is -1.15. The quantitative estimate of drug-likeness (QED) is 0.447. The van der Waals surface area contributed by atoms with Gasteiger partial charge in [0.1, 0.15) is 6.10 Å². The van der Waals surface area contributed by atoms with Gasteiger partial charge in [0.2, 0.25) is 11.0 Å². The number of rotatable bonds is 7. The third kappa shape index (κ3) is 6.05. The summed E-state index contributed by atoms with van der Waals surface area (Å²) in [6.45, 7) is 6.47. The maximum absolute atomic E-state index is 11.9. The molecule has 1 amide bonds. The molecule has 1 N–H and O–H groups in total. The van der Waals surface area contributed by atoms with E-state index in [1.54, 1.807) is 11.8 Å². The zero-order valence-corrected chi connectivity index (χ0v) is 16.0. The monoisotopic (exact) mass is 371 g/mol. The molecule has 24 heavy (non-hydrogen) atoms. The van der Waals surface area contributed by atoms with Crippen molar-refractivity contribution in [2.75, 3.05) is 11.1 Å². The zero-order valence-electron chi connectivity index (χ0n) is 14.4. The number of anilines is 1. The minimum absolute atomic E-state index is 0.00329. The molecule has 3 atom stereocenters. The van der Waals surface area contributed by atoms with Gasteiger partial charge in [0.25, 0.3) is 0 Å². The average molecular weight is 372 g/mol. The minimum Gasteiger partial charge on any atom is -0.462 e. The van der Waals surface area contributed by atoms with Gasteiger partial charge in [0, 0.05) is 6.42 Å². The van der Waals surface area contributed by atoms with E-state index in [9.17, 15) is 9.59 Å². The van der Waals surface area contributed by atoms with Crippen LogP contribution in [0.25, 0.3) is 0 Å². The summed E-state index contributed by atoms with van der Waals surface area (Å²) in [5.74, 6) is 1.64. The largest absolute Gasteiger partial charge is 0.462 e. The molecule has 0 saturated heterocycles. The lowest BCUT2D eigenvalue weighted by atomic mass is 9.80. The second-order valence-electron chi connectivity index (χ2n) is 6.23. The third-order valence-electron chi connectivity index (χ3n) is 4.32. The summed E-state index contributed by atoms with van der Waals surface area (Å²) in [5, 5.41) is 11.0. The first-order valence-electron chi connectivity index (χ1n) is 8.43. The highest BCUT2D eigenvalue weighted by Crippen LogP contribution is 2.31. The lowest BCUT2D eigenvalue weighted by Crippen LogP contribution is -2.29. The Morgan fingerprint density at radius 2 is 2.04 bits per heavy atom. The first-order valence-corrected chi connectivity index (χ1v) is 10.2. The van der Waals surface area contributed by atoms with Crippen molar-refractivity contribution in [1.82, 2.24) is 10.2 Å². The molecule has 2 rings (SSSR count). The van der Waals surface area contributed by atoms with Gasteiger partial charge in [-0.3, -0.25) is 9.59 Å². The molecule has 0 radical (unpaired) electrons. The van der Waals surface area contributed by atoms with Crippen LogP contribution in [0.5, 0.6) is 0 Å². The number of thioether (sulfide) groups is 1. The maximum atomic E-state index is 11.9. The van der Waals surface area contributed by atoms with E-state index in [-0.39, 0.29) is 30.8 Å². The molecule has 1 aromatic heterocycles. The minimum atomic E-state index is -0.295.